The molecule has 2 aromatic rings. The third-order valence-corrected chi connectivity index (χ3v) is 2.45. The van der Waals surface area contributed by atoms with Crippen LogP contribution in [0.25, 0.3) is 0 Å². The molecule has 1 heterocycles. The summed E-state index contributed by atoms with van der Waals surface area (Å²) in [7, 11) is 0. The molecule has 1 aromatic heterocycles. The highest BCUT2D eigenvalue weighted by molar-refractivity contribution is 5.50. The zero-order chi connectivity index (χ0) is 13.8. The first kappa shape index (κ1) is 12.9. The van der Waals surface area contributed by atoms with Gasteiger partial charge in [0.25, 0.3) is 0 Å². The number of rotatable bonds is 3. The van der Waals surface area contributed by atoms with Crippen molar-refractivity contribution in [3.05, 3.63) is 53.1 Å². The molecule has 0 radical (unpaired) electrons. The Hall–Kier alpha value is -2.55. The van der Waals surface area contributed by atoms with E-state index in [4.69, 9.17) is 5.26 Å². The minimum absolute atomic E-state index is 0.0596. The SMILES string of the molecule is Cc1cnc(CNc2c(F)cc(C#N)cc2F)cn1. The molecule has 0 aliphatic carbocycles. The van der Waals surface area contributed by atoms with Crippen LogP contribution < -0.4 is 5.32 Å². The maximum atomic E-state index is 13.6. The molecule has 2 rings (SSSR count). The molecule has 96 valence electrons. The number of nitriles is 1. The zero-order valence-electron chi connectivity index (χ0n) is 10.1. The number of nitrogens with one attached hydrogen (secondary N) is 1. The van der Waals surface area contributed by atoms with E-state index in [1.165, 1.54) is 6.20 Å². The van der Waals surface area contributed by atoms with Gasteiger partial charge in [0.15, 0.2) is 11.6 Å². The van der Waals surface area contributed by atoms with E-state index >= 15 is 0 Å². The van der Waals surface area contributed by atoms with Crippen LogP contribution in [0.15, 0.2) is 24.5 Å². The van der Waals surface area contributed by atoms with E-state index in [1.54, 1.807) is 19.2 Å². The fraction of sp³-hybridized carbons (Fsp3) is 0.154. The lowest BCUT2D eigenvalue weighted by atomic mass is 10.2. The van der Waals surface area contributed by atoms with Crippen molar-refractivity contribution in [2.75, 3.05) is 5.32 Å². The normalized spacial score (nSPS) is 10.0. The molecule has 1 N–H and O–H groups in total. The molecule has 0 bridgehead atoms. The molecule has 0 fully saturated rings. The second kappa shape index (κ2) is 5.40. The van der Waals surface area contributed by atoms with Crippen molar-refractivity contribution in [2.45, 2.75) is 13.5 Å². The summed E-state index contributed by atoms with van der Waals surface area (Å²) in [5.41, 5.74) is 0.991. The molecule has 0 aliphatic rings. The number of aryl methyl sites for hydroxylation is 1. The van der Waals surface area contributed by atoms with Crippen LogP contribution in [0.1, 0.15) is 17.0 Å². The van der Waals surface area contributed by atoms with Gasteiger partial charge in [0.2, 0.25) is 0 Å². The average molecular weight is 260 g/mol. The molecule has 0 aliphatic heterocycles. The van der Waals surface area contributed by atoms with Crippen LogP contribution in [0.3, 0.4) is 0 Å². The molecule has 1 aromatic carbocycles. The van der Waals surface area contributed by atoms with Crippen molar-refractivity contribution >= 4 is 5.69 Å². The van der Waals surface area contributed by atoms with Gasteiger partial charge >= 0.3 is 0 Å². The molecule has 0 saturated heterocycles. The lowest BCUT2D eigenvalue weighted by Gasteiger charge is -2.08. The Labute approximate surface area is 108 Å². The highest BCUT2D eigenvalue weighted by atomic mass is 19.1. The predicted molar refractivity (Wildman–Crippen MR) is 65.2 cm³/mol. The predicted octanol–water partition coefficient (Wildman–Crippen LogP) is 2.55. The summed E-state index contributed by atoms with van der Waals surface area (Å²) in [4.78, 5) is 8.09. The highest BCUT2D eigenvalue weighted by Gasteiger charge is 2.11. The Kier molecular flexibility index (Phi) is 3.66. The number of anilines is 1. The quantitative estimate of drug-likeness (QED) is 0.921. The Morgan fingerprint density at radius 1 is 1.21 bits per heavy atom. The van der Waals surface area contributed by atoms with Crippen LogP contribution in [0.4, 0.5) is 14.5 Å². The van der Waals surface area contributed by atoms with Crippen LogP contribution in [0.2, 0.25) is 0 Å². The lowest BCUT2D eigenvalue weighted by Crippen LogP contribution is -2.06. The summed E-state index contributed by atoms with van der Waals surface area (Å²) in [5.74, 6) is -1.62. The molecule has 19 heavy (non-hydrogen) atoms. The first-order valence-electron chi connectivity index (χ1n) is 5.50. The molecule has 6 heteroatoms. The summed E-state index contributed by atoms with van der Waals surface area (Å²) in [6.45, 7) is 1.94. The average Bonchev–Trinajstić information content (AvgIpc) is 2.39. The molecule has 0 spiro atoms. The maximum Gasteiger partial charge on any atom is 0.150 e. The Morgan fingerprint density at radius 3 is 2.42 bits per heavy atom. The molecule has 4 nitrogen and oxygen atoms in total. The smallest absolute Gasteiger partial charge is 0.150 e. The molecule has 0 amide bonds. The van der Waals surface area contributed by atoms with Crippen LogP contribution in [-0.2, 0) is 6.54 Å². The number of hydrogen-bond acceptors (Lipinski definition) is 4. The largest absolute Gasteiger partial charge is 0.375 e. The lowest BCUT2D eigenvalue weighted by molar-refractivity contribution is 0.587. The van der Waals surface area contributed by atoms with Gasteiger partial charge in [0.05, 0.1) is 35.8 Å². The Balaban J connectivity index is 2.16. The van der Waals surface area contributed by atoms with Gasteiger partial charge in [-0.05, 0) is 19.1 Å². The Bertz CT molecular complexity index is 609. The second-order valence-electron chi connectivity index (χ2n) is 3.93. The van der Waals surface area contributed by atoms with Gasteiger partial charge in [-0.3, -0.25) is 9.97 Å². The monoisotopic (exact) mass is 260 g/mol. The van der Waals surface area contributed by atoms with E-state index in [2.05, 4.69) is 15.3 Å². The van der Waals surface area contributed by atoms with Gasteiger partial charge in [-0.1, -0.05) is 0 Å². The minimum Gasteiger partial charge on any atom is -0.375 e. The summed E-state index contributed by atoms with van der Waals surface area (Å²) < 4.78 is 27.2. The van der Waals surface area contributed by atoms with Crippen molar-refractivity contribution in [3.8, 4) is 6.07 Å². The van der Waals surface area contributed by atoms with Crippen molar-refractivity contribution < 1.29 is 8.78 Å². The van der Waals surface area contributed by atoms with Crippen LogP contribution in [0, 0.1) is 29.9 Å². The van der Waals surface area contributed by atoms with Gasteiger partial charge in [0.1, 0.15) is 5.69 Å². The van der Waals surface area contributed by atoms with E-state index < -0.39 is 11.6 Å². The van der Waals surface area contributed by atoms with Gasteiger partial charge in [-0.2, -0.15) is 5.26 Å². The Morgan fingerprint density at radius 2 is 1.89 bits per heavy atom. The first-order valence-corrected chi connectivity index (χ1v) is 5.50. The minimum atomic E-state index is -0.809. The van der Waals surface area contributed by atoms with Gasteiger partial charge < -0.3 is 5.32 Å². The van der Waals surface area contributed by atoms with E-state index in [0.29, 0.717) is 5.69 Å². The maximum absolute atomic E-state index is 13.6. The van der Waals surface area contributed by atoms with E-state index in [0.717, 1.165) is 17.8 Å². The summed E-state index contributed by atoms with van der Waals surface area (Å²) >= 11 is 0. The van der Waals surface area contributed by atoms with E-state index in [9.17, 15) is 8.78 Å². The summed E-state index contributed by atoms with van der Waals surface area (Å²) in [6, 6.07) is 3.64. The number of benzene rings is 1. The van der Waals surface area contributed by atoms with Crippen molar-refractivity contribution in [1.82, 2.24) is 9.97 Å². The van der Waals surface area contributed by atoms with Crippen molar-refractivity contribution in [2.24, 2.45) is 0 Å². The van der Waals surface area contributed by atoms with Crippen LogP contribution >= 0.6 is 0 Å². The molecule has 0 unspecified atom stereocenters. The third kappa shape index (κ3) is 3.01. The number of halogens is 2. The zero-order valence-corrected chi connectivity index (χ0v) is 10.1. The third-order valence-electron chi connectivity index (χ3n) is 2.45. The fourth-order valence-corrected chi connectivity index (χ4v) is 1.50. The number of aromatic nitrogens is 2. The summed E-state index contributed by atoms with van der Waals surface area (Å²) in [5, 5.41) is 11.2. The van der Waals surface area contributed by atoms with Gasteiger partial charge in [-0.25, -0.2) is 8.78 Å². The van der Waals surface area contributed by atoms with Crippen LogP contribution in [-0.4, -0.2) is 9.97 Å². The topological polar surface area (TPSA) is 61.6 Å². The van der Waals surface area contributed by atoms with Crippen LogP contribution in [0.5, 0.6) is 0 Å². The van der Waals surface area contributed by atoms with Crippen molar-refractivity contribution in [1.29, 1.82) is 5.26 Å². The number of hydrogen-bond donors (Lipinski definition) is 1. The summed E-state index contributed by atoms with van der Waals surface area (Å²) in [6.07, 6.45) is 3.10. The van der Waals surface area contributed by atoms with Crippen molar-refractivity contribution in [3.63, 3.8) is 0 Å². The number of nitrogens with zero attached hydrogens (tertiary/aromatic N) is 3. The first-order chi connectivity index (χ1) is 9.10. The highest BCUT2D eigenvalue weighted by Crippen LogP contribution is 2.20. The van der Waals surface area contributed by atoms with Gasteiger partial charge in [0, 0.05) is 6.20 Å². The van der Waals surface area contributed by atoms with E-state index in [-0.39, 0.29) is 17.8 Å². The standard InChI is InChI=1S/C13H10F2N4/c1-8-5-18-10(6-17-8)7-19-13-11(14)2-9(4-16)3-12(13)15/h2-3,5-6,19H,7H2,1H3. The molecule has 0 saturated carbocycles. The molecule has 0 atom stereocenters. The molecular formula is C13H10F2N4. The second-order valence-corrected chi connectivity index (χ2v) is 3.93. The fourth-order valence-electron chi connectivity index (χ4n) is 1.50. The van der Waals surface area contributed by atoms with E-state index in [1.807, 2.05) is 0 Å². The van der Waals surface area contributed by atoms with Gasteiger partial charge in [-0.15, -0.1) is 0 Å². The molecular weight excluding hydrogens is 250 g/mol.